The molecule has 0 unspecified atom stereocenters. The van der Waals surface area contributed by atoms with E-state index in [4.69, 9.17) is 0 Å². The molecular weight excluding hydrogens is 426 g/mol. The molecule has 2 aliphatic heterocycles. The van der Waals surface area contributed by atoms with E-state index in [1.807, 2.05) is 58.3 Å². The van der Waals surface area contributed by atoms with E-state index in [1.165, 1.54) is 5.56 Å². The molecule has 0 bridgehead atoms. The van der Waals surface area contributed by atoms with E-state index < -0.39 is 0 Å². The molecular formula is C27H29N5O2. The highest BCUT2D eigenvalue weighted by Crippen LogP contribution is 2.18. The minimum absolute atomic E-state index is 0.0725. The van der Waals surface area contributed by atoms with Gasteiger partial charge in [-0.3, -0.25) is 19.2 Å². The minimum Gasteiger partial charge on any atom is -0.335 e. The summed E-state index contributed by atoms with van der Waals surface area (Å²) >= 11 is 0. The van der Waals surface area contributed by atoms with Crippen molar-refractivity contribution in [2.45, 2.75) is 13.1 Å². The first-order chi connectivity index (χ1) is 16.7. The number of carbonyl (C=O) groups is 2. The maximum atomic E-state index is 13.1. The van der Waals surface area contributed by atoms with Gasteiger partial charge in [-0.05, 0) is 11.1 Å². The Hall–Kier alpha value is -3.71. The van der Waals surface area contributed by atoms with E-state index in [9.17, 15) is 9.59 Å². The molecule has 34 heavy (non-hydrogen) atoms. The van der Waals surface area contributed by atoms with Gasteiger partial charge in [-0.15, -0.1) is 0 Å². The Labute approximate surface area is 199 Å². The molecule has 0 saturated carbocycles. The zero-order chi connectivity index (χ0) is 23.3. The maximum Gasteiger partial charge on any atom is 0.274 e. The van der Waals surface area contributed by atoms with E-state index >= 15 is 0 Å². The summed E-state index contributed by atoms with van der Waals surface area (Å²) in [4.78, 5) is 32.1. The number of fused-ring (bicyclic) bond motifs is 1. The van der Waals surface area contributed by atoms with Crippen LogP contribution in [0.15, 0.2) is 72.8 Å². The van der Waals surface area contributed by atoms with Gasteiger partial charge in [0.05, 0.1) is 6.54 Å². The fraction of sp³-hybridized carbons (Fsp3) is 0.296. The number of hydrogen-bond acceptors (Lipinski definition) is 4. The third kappa shape index (κ3) is 4.94. The largest absolute Gasteiger partial charge is 0.335 e. The van der Waals surface area contributed by atoms with Gasteiger partial charge in [0.2, 0.25) is 0 Å². The molecule has 0 aliphatic carbocycles. The predicted molar refractivity (Wildman–Crippen MR) is 131 cm³/mol. The molecule has 3 aromatic rings. The number of nitrogens with zero attached hydrogens (tertiary/aromatic N) is 5. The molecule has 0 atom stereocenters. The van der Waals surface area contributed by atoms with Crippen molar-refractivity contribution in [2.24, 2.45) is 0 Å². The fourth-order valence-corrected chi connectivity index (χ4v) is 4.50. The van der Waals surface area contributed by atoms with Crippen LogP contribution in [-0.4, -0.2) is 75.6 Å². The van der Waals surface area contributed by atoms with Crippen LogP contribution in [0.25, 0.3) is 6.08 Å². The fourth-order valence-electron chi connectivity index (χ4n) is 4.50. The smallest absolute Gasteiger partial charge is 0.274 e. The van der Waals surface area contributed by atoms with Crippen LogP contribution in [0.5, 0.6) is 0 Å². The van der Waals surface area contributed by atoms with E-state index in [2.05, 4.69) is 34.3 Å². The number of amides is 2. The molecule has 1 saturated heterocycles. The van der Waals surface area contributed by atoms with E-state index in [1.54, 1.807) is 10.7 Å². The van der Waals surface area contributed by atoms with Crippen LogP contribution in [0.1, 0.15) is 32.1 Å². The average Bonchev–Trinajstić information content (AvgIpc) is 3.32. The third-order valence-corrected chi connectivity index (χ3v) is 6.44. The lowest BCUT2D eigenvalue weighted by molar-refractivity contribution is 0.0639. The highest BCUT2D eigenvalue weighted by molar-refractivity contribution is 5.98. The molecule has 7 heteroatoms. The lowest BCUT2D eigenvalue weighted by atomic mass is 10.2. The summed E-state index contributed by atoms with van der Waals surface area (Å²) < 4.78 is 1.68. The molecule has 0 radical (unpaired) electrons. The second kappa shape index (κ2) is 10.1. The first-order valence-corrected chi connectivity index (χ1v) is 11.8. The normalized spacial score (nSPS) is 16.8. The number of aromatic nitrogens is 2. The van der Waals surface area contributed by atoms with Gasteiger partial charge in [0.1, 0.15) is 5.69 Å². The Balaban J connectivity index is 1.16. The lowest BCUT2D eigenvalue weighted by Gasteiger charge is -2.33. The quantitative estimate of drug-likeness (QED) is 0.573. The first-order valence-electron chi connectivity index (χ1n) is 11.8. The number of carbonyl (C=O) groups excluding carboxylic acids is 2. The molecule has 174 valence electrons. The highest BCUT2D eigenvalue weighted by Gasteiger charge is 2.30. The molecule has 5 rings (SSSR count). The summed E-state index contributed by atoms with van der Waals surface area (Å²) in [6.07, 6.45) is 4.30. The molecule has 7 nitrogen and oxygen atoms in total. The highest BCUT2D eigenvalue weighted by atomic mass is 16.2. The van der Waals surface area contributed by atoms with Crippen molar-refractivity contribution in [3.8, 4) is 0 Å². The van der Waals surface area contributed by atoms with Crippen LogP contribution in [0.2, 0.25) is 0 Å². The van der Waals surface area contributed by atoms with Crippen molar-refractivity contribution in [1.82, 2.24) is 24.5 Å². The number of piperazine rings is 1. The van der Waals surface area contributed by atoms with Crippen LogP contribution in [-0.2, 0) is 13.1 Å². The van der Waals surface area contributed by atoms with Crippen molar-refractivity contribution < 1.29 is 9.59 Å². The predicted octanol–water partition coefficient (Wildman–Crippen LogP) is 3.01. The summed E-state index contributed by atoms with van der Waals surface area (Å²) in [5, 5.41) is 4.47. The molecule has 2 aromatic carbocycles. The van der Waals surface area contributed by atoms with Gasteiger partial charge in [0.15, 0.2) is 5.69 Å². The van der Waals surface area contributed by atoms with Crippen LogP contribution in [0.3, 0.4) is 0 Å². The van der Waals surface area contributed by atoms with Crippen molar-refractivity contribution in [2.75, 3.05) is 39.3 Å². The van der Waals surface area contributed by atoms with Crippen molar-refractivity contribution in [1.29, 1.82) is 0 Å². The van der Waals surface area contributed by atoms with Gasteiger partial charge < -0.3 is 9.80 Å². The summed E-state index contributed by atoms with van der Waals surface area (Å²) in [5.74, 6) is -0.166. The van der Waals surface area contributed by atoms with Crippen LogP contribution < -0.4 is 0 Å². The number of benzene rings is 2. The molecule has 0 spiro atoms. The summed E-state index contributed by atoms with van der Waals surface area (Å²) in [6, 6.07) is 21.9. The Morgan fingerprint density at radius 2 is 1.59 bits per heavy atom. The monoisotopic (exact) mass is 455 g/mol. The second-order valence-electron chi connectivity index (χ2n) is 8.76. The first kappa shape index (κ1) is 22.1. The zero-order valence-electron chi connectivity index (χ0n) is 19.2. The summed E-state index contributed by atoms with van der Waals surface area (Å²) in [6.45, 7) is 5.58. The minimum atomic E-state index is -0.0937. The number of hydrogen-bond donors (Lipinski definition) is 0. The van der Waals surface area contributed by atoms with Gasteiger partial charge >= 0.3 is 0 Å². The summed E-state index contributed by atoms with van der Waals surface area (Å²) in [7, 11) is 0. The Morgan fingerprint density at radius 3 is 2.32 bits per heavy atom. The van der Waals surface area contributed by atoms with Crippen LogP contribution in [0, 0.1) is 0 Å². The van der Waals surface area contributed by atoms with Gasteiger partial charge in [0.25, 0.3) is 11.8 Å². The van der Waals surface area contributed by atoms with Gasteiger partial charge in [0, 0.05) is 51.9 Å². The molecule has 2 amide bonds. The molecule has 0 N–H and O–H groups in total. The Kier molecular flexibility index (Phi) is 6.53. The van der Waals surface area contributed by atoms with Crippen molar-refractivity contribution in [3.63, 3.8) is 0 Å². The van der Waals surface area contributed by atoms with Gasteiger partial charge in [-0.25, -0.2) is 0 Å². The third-order valence-electron chi connectivity index (χ3n) is 6.44. The molecule has 3 heterocycles. The molecule has 2 aliphatic rings. The van der Waals surface area contributed by atoms with Gasteiger partial charge in [-0.2, -0.15) is 5.10 Å². The zero-order valence-corrected chi connectivity index (χ0v) is 19.2. The topological polar surface area (TPSA) is 61.7 Å². The van der Waals surface area contributed by atoms with E-state index in [0.717, 1.165) is 25.2 Å². The van der Waals surface area contributed by atoms with Crippen LogP contribution >= 0.6 is 0 Å². The Morgan fingerprint density at radius 1 is 0.882 bits per heavy atom. The summed E-state index contributed by atoms with van der Waals surface area (Å²) in [5.41, 5.74) is 3.14. The molecule has 1 fully saturated rings. The van der Waals surface area contributed by atoms with Crippen molar-refractivity contribution >= 4 is 17.9 Å². The lowest BCUT2D eigenvalue weighted by Crippen LogP contribution is -2.48. The van der Waals surface area contributed by atoms with E-state index in [-0.39, 0.29) is 11.8 Å². The maximum absolute atomic E-state index is 13.1. The van der Waals surface area contributed by atoms with Gasteiger partial charge in [-0.1, -0.05) is 72.8 Å². The standard InChI is InChI=1S/C27H29N5O2/c33-26(30-16-14-29(15-17-30)13-7-12-22-8-3-1-4-9-22)24-20-25-27(34)31(18-19-32(25)28-24)21-23-10-5-2-6-11-23/h1-12,20H,13-19,21H2. The van der Waals surface area contributed by atoms with E-state index in [0.29, 0.717) is 44.1 Å². The number of rotatable bonds is 6. The second-order valence-corrected chi connectivity index (χ2v) is 8.76. The molecule has 1 aromatic heterocycles. The van der Waals surface area contributed by atoms with Crippen LogP contribution in [0.4, 0.5) is 0 Å². The Bertz CT molecular complexity index is 1160. The SMILES string of the molecule is O=C(c1cc2n(n1)CCN(Cc1ccccc1)C2=O)N1CCN(CC=Cc2ccccc2)CC1. The van der Waals surface area contributed by atoms with Crippen molar-refractivity contribution in [3.05, 3.63) is 95.3 Å². The average molecular weight is 456 g/mol.